The summed E-state index contributed by atoms with van der Waals surface area (Å²) < 4.78 is 0. The van der Waals surface area contributed by atoms with Gasteiger partial charge in [-0.1, -0.05) is 30.3 Å². The number of aromatic hydroxyl groups is 1. The molecule has 0 radical (unpaired) electrons. The van der Waals surface area contributed by atoms with Crippen molar-refractivity contribution in [2.24, 2.45) is 5.73 Å². The average Bonchev–Trinajstić information content (AvgIpc) is 3.66. The fourth-order valence-electron chi connectivity index (χ4n) is 4.53. The third-order valence-corrected chi connectivity index (χ3v) is 6.87. The summed E-state index contributed by atoms with van der Waals surface area (Å²) in [6.07, 6.45) is 4.41. The van der Waals surface area contributed by atoms with Gasteiger partial charge in [-0.2, -0.15) is 0 Å². The van der Waals surface area contributed by atoms with E-state index in [4.69, 9.17) is 5.73 Å². The lowest BCUT2D eigenvalue weighted by Gasteiger charge is -2.25. The number of rotatable bonds is 14. The minimum atomic E-state index is -1.33. The van der Waals surface area contributed by atoms with E-state index < -0.39 is 54.5 Å². The van der Waals surface area contributed by atoms with Crippen molar-refractivity contribution < 1.29 is 34.5 Å². The summed E-state index contributed by atoms with van der Waals surface area (Å²) in [6, 6.07) is 8.22. The SMILES string of the molecule is NC(CO)C(=O)NC(Cc1cnc[nH]1)C(=O)NC(Cc1ccc(O)cc1)C(=O)NC(Cc1c[nH]c2ccccc12)C(=O)O. The Hall–Kier alpha value is -5.21. The first-order valence-electron chi connectivity index (χ1n) is 13.4. The number of aliphatic carboxylic acids is 1. The Morgan fingerprint density at radius 3 is 2.14 bits per heavy atom. The van der Waals surface area contributed by atoms with E-state index in [1.54, 1.807) is 18.3 Å². The van der Waals surface area contributed by atoms with Gasteiger partial charge in [0.2, 0.25) is 17.7 Å². The van der Waals surface area contributed by atoms with E-state index in [1.165, 1.54) is 24.7 Å². The predicted molar refractivity (Wildman–Crippen MR) is 155 cm³/mol. The Morgan fingerprint density at radius 2 is 1.49 bits per heavy atom. The van der Waals surface area contributed by atoms with E-state index in [9.17, 15) is 34.5 Å². The number of hydrogen-bond donors (Lipinski definition) is 9. The summed E-state index contributed by atoms with van der Waals surface area (Å²) in [7, 11) is 0. The van der Waals surface area contributed by atoms with Gasteiger partial charge in [0.05, 0.1) is 12.9 Å². The van der Waals surface area contributed by atoms with Crippen molar-refractivity contribution >= 4 is 34.6 Å². The van der Waals surface area contributed by atoms with Crippen LogP contribution < -0.4 is 21.7 Å². The highest BCUT2D eigenvalue weighted by atomic mass is 16.4. The van der Waals surface area contributed by atoms with Gasteiger partial charge < -0.3 is 47.0 Å². The van der Waals surface area contributed by atoms with E-state index in [-0.39, 0.29) is 25.0 Å². The molecule has 226 valence electrons. The van der Waals surface area contributed by atoms with Gasteiger partial charge in [0.25, 0.3) is 0 Å². The van der Waals surface area contributed by atoms with E-state index >= 15 is 0 Å². The number of carboxylic acid groups (broad SMARTS) is 1. The lowest BCUT2D eigenvalue weighted by atomic mass is 10.0. The maximum Gasteiger partial charge on any atom is 0.326 e. The van der Waals surface area contributed by atoms with Crippen LogP contribution in [0.2, 0.25) is 0 Å². The van der Waals surface area contributed by atoms with Crippen molar-refractivity contribution in [2.45, 2.75) is 43.4 Å². The molecule has 4 unspecified atom stereocenters. The zero-order chi connectivity index (χ0) is 30.9. The zero-order valence-electron chi connectivity index (χ0n) is 23.0. The van der Waals surface area contributed by atoms with Crippen LogP contribution in [0.15, 0.2) is 67.3 Å². The van der Waals surface area contributed by atoms with Gasteiger partial charge >= 0.3 is 5.97 Å². The molecule has 4 atom stereocenters. The number of aromatic nitrogens is 3. The first kappa shape index (κ1) is 30.7. The number of hydrogen-bond acceptors (Lipinski definition) is 8. The fourth-order valence-corrected chi connectivity index (χ4v) is 4.53. The minimum absolute atomic E-state index is 0.000938. The number of imidazole rings is 1. The molecular weight excluding hydrogens is 558 g/mol. The summed E-state index contributed by atoms with van der Waals surface area (Å²) in [5.41, 5.74) is 8.19. The summed E-state index contributed by atoms with van der Waals surface area (Å²) in [5.74, 6) is -3.58. The number of aliphatic hydroxyl groups excluding tert-OH is 1. The maximum atomic E-state index is 13.6. The molecule has 3 amide bonds. The van der Waals surface area contributed by atoms with Gasteiger partial charge in [0, 0.05) is 48.3 Å². The number of aliphatic hydroxyl groups is 1. The van der Waals surface area contributed by atoms with Crippen LogP contribution in [0.4, 0.5) is 0 Å². The number of carbonyl (C=O) groups excluding carboxylic acids is 3. The molecule has 0 aliphatic rings. The first-order chi connectivity index (χ1) is 20.6. The van der Waals surface area contributed by atoms with Crippen LogP contribution in [0, 0.1) is 0 Å². The monoisotopic (exact) mass is 591 g/mol. The molecule has 2 aromatic heterocycles. The van der Waals surface area contributed by atoms with E-state index in [2.05, 4.69) is 30.9 Å². The number of carbonyl (C=O) groups is 4. The molecule has 10 N–H and O–H groups in total. The van der Waals surface area contributed by atoms with E-state index in [0.29, 0.717) is 16.8 Å². The molecule has 0 saturated heterocycles. The lowest BCUT2D eigenvalue weighted by Crippen LogP contribution is -2.58. The van der Waals surface area contributed by atoms with Crippen molar-refractivity contribution in [3.63, 3.8) is 0 Å². The Kier molecular flexibility index (Phi) is 10.1. The molecule has 4 rings (SSSR count). The van der Waals surface area contributed by atoms with Crippen molar-refractivity contribution in [1.29, 1.82) is 0 Å². The summed E-state index contributed by atoms with van der Waals surface area (Å²) >= 11 is 0. The van der Waals surface area contributed by atoms with Crippen LogP contribution in [0.1, 0.15) is 16.8 Å². The molecule has 14 heteroatoms. The zero-order valence-corrected chi connectivity index (χ0v) is 23.0. The smallest absolute Gasteiger partial charge is 0.326 e. The average molecular weight is 592 g/mol. The Bertz CT molecular complexity index is 1550. The highest BCUT2D eigenvalue weighted by Gasteiger charge is 2.31. The third kappa shape index (κ3) is 8.18. The van der Waals surface area contributed by atoms with Gasteiger partial charge in [-0.25, -0.2) is 9.78 Å². The van der Waals surface area contributed by atoms with Crippen LogP contribution >= 0.6 is 0 Å². The summed E-state index contributed by atoms with van der Waals surface area (Å²) in [4.78, 5) is 61.6. The van der Waals surface area contributed by atoms with Crippen LogP contribution in [0.5, 0.6) is 5.75 Å². The molecule has 2 aromatic carbocycles. The number of H-pyrrole nitrogens is 2. The quantitative estimate of drug-likeness (QED) is 0.0916. The number of nitrogens with one attached hydrogen (secondary N) is 5. The molecule has 0 aliphatic heterocycles. The number of fused-ring (bicyclic) bond motifs is 1. The van der Waals surface area contributed by atoms with Gasteiger partial charge in [0.15, 0.2) is 0 Å². The molecule has 0 bridgehead atoms. The summed E-state index contributed by atoms with van der Waals surface area (Å²) in [5, 5.41) is 37.4. The number of nitrogens with two attached hydrogens (primary N) is 1. The maximum absolute atomic E-state index is 13.6. The van der Waals surface area contributed by atoms with Crippen molar-refractivity contribution in [1.82, 2.24) is 30.9 Å². The molecule has 2 heterocycles. The largest absolute Gasteiger partial charge is 0.508 e. The number of aromatic amines is 2. The van der Waals surface area contributed by atoms with Gasteiger partial charge in [0.1, 0.15) is 29.9 Å². The third-order valence-electron chi connectivity index (χ3n) is 6.87. The molecule has 14 nitrogen and oxygen atoms in total. The Labute approximate surface area is 245 Å². The normalized spacial score (nSPS) is 13.9. The number of para-hydroxylation sites is 1. The highest BCUT2D eigenvalue weighted by molar-refractivity contribution is 5.94. The Balaban J connectivity index is 1.56. The van der Waals surface area contributed by atoms with Gasteiger partial charge in [-0.05, 0) is 29.3 Å². The second kappa shape index (κ2) is 14.1. The summed E-state index contributed by atoms with van der Waals surface area (Å²) in [6.45, 7) is -0.650. The van der Waals surface area contributed by atoms with Crippen LogP contribution in [-0.2, 0) is 38.4 Å². The van der Waals surface area contributed by atoms with Crippen molar-refractivity contribution in [3.8, 4) is 5.75 Å². The molecule has 43 heavy (non-hydrogen) atoms. The number of phenolic OH excluding ortho intramolecular Hbond substituents is 1. The van der Waals surface area contributed by atoms with Crippen LogP contribution in [-0.4, -0.2) is 84.7 Å². The minimum Gasteiger partial charge on any atom is -0.508 e. The predicted octanol–water partition coefficient (Wildman–Crippen LogP) is -0.517. The molecule has 4 aromatic rings. The standard InChI is InChI=1S/C29H33N7O7/c30-21(14-37)26(39)34-24(11-18-13-31-15-33-18)28(41)35-23(9-16-5-7-19(38)8-6-16)27(40)36-25(29(42)43)10-17-12-32-22-4-2-1-3-20(17)22/h1-8,12-13,15,21,23-25,32,37-38H,9-11,14,30H2,(H,31,33)(H,34,39)(H,35,41)(H,36,40)(H,42,43). The highest BCUT2D eigenvalue weighted by Crippen LogP contribution is 2.19. The fraction of sp³-hybridized carbons (Fsp3) is 0.276. The van der Waals surface area contributed by atoms with Gasteiger partial charge in [-0.15, -0.1) is 0 Å². The molecule has 0 aliphatic carbocycles. The first-order valence-corrected chi connectivity index (χ1v) is 13.4. The molecular formula is C29H33N7O7. The van der Waals surface area contributed by atoms with Crippen LogP contribution in [0.25, 0.3) is 10.9 Å². The van der Waals surface area contributed by atoms with E-state index in [0.717, 1.165) is 10.9 Å². The topological polar surface area (TPSA) is 236 Å². The number of nitrogens with zero attached hydrogens (tertiary/aromatic N) is 1. The lowest BCUT2D eigenvalue weighted by molar-refractivity contribution is -0.142. The molecule has 0 fully saturated rings. The van der Waals surface area contributed by atoms with Crippen molar-refractivity contribution in [2.75, 3.05) is 6.61 Å². The van der Waals surface area contributed by atoms with Crippen LogP contribution in [0.3, 0.4) is 0 Å². The van der Waals surface area contributed by atoms with E-state index in [1.807, 2.05) is 24.3 Å². The second-order valence-electron chi connectivity index (χ2n) is 10.0. The Morgan fingerprint density at radius 1 is 0.837 bits per heavy atom. The number of amides is 3. The van der Waals surface area contributed by atoms with Gasteiger partial charge in [-0.3, -0.25) is 14.4 Å². The number of phenols is 1. The molecule has 0 spiro atoms. The number of benzene rings is 2. The second-order valence-corrected chi connectivity index (χ2v) is 10.0. The van der Waals surface area contributed by atoms with Crippen molar-refractivity contribution in [3.05, 3.63) is 84.1 Å². The number of carboxylic acids is 1. The molecule has 0 saturated carbocycles.